The Morgan fingerprint density at radius 2 is 1.79 bits per heavy atom. The van der Waals surface area contributed by atoms with Gasteiger partial charge in [0.1, 0.15) is 5.75 Å². The molecule has 0 saturated heterocycles. The second-order valence-electron chi connectivity index (χ2n) is 7.38. The first kappa shape index (κ1) is 27.2. The monoisotopic (exact) mass is 576 g/mol. The number of aromatic nitrogens is 2. The predicted octanol–water partition coefficient (Wildman–Crippen LogP) is 3.30. The van der Waals surface area contributed by atoms with Crippen molar-refractivity contribution in [3.8, 4) is 11.4 Å². The number of nitrogens with zero attached hydrogens (tertiary/aromatic N) is 3. The number of halogens is 1. The van der Waals surface area contributed by atoms with Crippen LogP contribution in [0.3, 0.4) is 0 Å². The number of rotatable bonds is 11. The molecule has 0 saturated carbocycles. The van der Waals surface area contributed by atoms with Gasteiger partial charge in [0.2, 0.25) is 0 Å². The fourth-order valence-electron chi connectivity index (χ4n) is 3.20. The molecule has 0 aliphatic rings. The van der Waals surface area contributed by atoms with E-state index in [1.54, 1.807) is 6.20 Å². The molecule has 9 heteroatoms. The number of carbonyl (C=O) groups is 1. The maximum absolute atomic E-state index is 11.6. The molecule has 1 aromatic heterocycles. The molecule has 0 aliphatic carbocycles. The van der Waals surface area contributed by atoms with Gasteiger partial charge >= 0.3 is 0 Å². The molecule has 0 unspecified atom stereocenters. The standard InChI is InChI=1S/C25H32N6O2.HI/c1-3-26-24(32)19-33-23-8-5-7-21(17-23)18-29-25(27-4-2)28-15-13-20-9-11-22(12-10-20)31-16-6-14-30-31;/h5-12,14,16-17H,3-4,13,15,18-19H2,1-2H3,(H,26,32)(H2,27,28,29);1H. The second-order valence-corrected chi connectivity index (χ2v) is 7.38. The van der Waals surface area contributed by atoms with Crippen molar-refractivity contribution in [3.05, 3.63) is 78.1 Å². The first-order chi connectivity index (χ1) is 16.2. The average Bonchev–Trinajstić information content (AvgIpc) is 3.37. The van der Waals surface area contributed by atoms with Crippen LogP contribution in [0.5, 0.6) is 5.75 Å². The smallest absolute Gasteiger partial charge is 0.257 e. The molecule has 0 spiro atoms. The number of benzene rings is 2. The van der Waals surface area contributed by atoms with E-state index in [9.17, 15) is 4.79 Å². The first-order valence-electron chi connectivity index (χ1n) is 11.3. The molecule has 0 bridgehead atoms. The quantitative estimate of drug-likeness (QED) is 0.185. The molecule has 1 heterocycles. The molecule has 0 radical (unpaired) electrons. The van der Waals surface area contributed by atoms with Crippen molar-refractivity contribution in [1.29, 1.82) is 0 Å². The minimum absolute atomic E-state index is 0. The summed E-state index contributed by atoms with van der Waals surface area (Å²) in [4.78, 5) is 16.3. The van der Waals surface area contributed by atoms with Crippen LogP contribution >= 0.6 is 24.0 Å². The number of guanidine groups is 1. The van der Waals surface area contributed by atoms with Crippen LogP contribution in [0.2, 0.25) is 0 Å². The third-order valence-electron chi connectivity index (χ3n) is 4.82. The molecule has 0 aliphatic heterocycles. The molecule has 3 aromatic rings. The minimum Gasteiger partial charge on any atom is -0.484 e. The zero-order valence-electron chi connectivity index (χ0n) is 19.7. The Hall–Kier alpha value is -3.08. The molecule has 34 heavy (non-hydrogen) atoms. The lowest BCUT2D eigenvalue weighted by molar-refractivity contribution is -0.122. The van der Waals surface area contributed by atoms with Crippen LogP contribution in [-0.4, -0.2) is 47.9 Å². The number of nitrogens with one attached hydrogen (secondary N) is 3. The van der Waals surface area contributed by atoms with Gasteiger partial charge in [-0.3, -0.25) is 4.79 Å². The van der Waals surface area contributed by atoms with Gasteiger partial charge in [0.15, 0.2) is 12.6 Å². The minimum atomic E-state index is -0.129. The first-order valence-corrected chi connectivity index (χ1v) is 11.3. The molecule has 1 amide bonds. The number of amides is 1. The van der Waals surface area contributed by atoms with E-state index in [2.05, 4.69) is 50.3 Å². The van der Waals surface area contributed by atoms with Crippen molar-refractivity contribution in [3.63, 3.8) is 0 Å². The molecular formula is C25H33IN6O2. The topological polar surface area (TPSA) is 92.6 Å². The number of likely N-dealkylation sites (N-methyl/N-ethyl adjacent to an activating group) is 1. The molecule has 3 N–H and O–H groups in total. The predicted molar refractivity (Wildman–Crippen MR) is 146 cm³/mol. The highest BCUT2D eigenvalue weighted by Gasteiger charge is 2.03. The van der Waals surface area contributed by atoms with E-state index in [1.807, 2.05) is 55.1 Å². The Bertz CT molecular complexity index is 1020. The largest absolute Gasteiger partial charge is 0.484 e. The summed E-state index contributed by atoms with van der Waals surface area (Å²) in [6.07, 6.45) is 4.59. The van der Waals surface area contributed by atoms with E-state index in [1.165, 1.54) is 5.56 Å². The van der Waals surface area contributed by atoms with Gasteiger partial charge in [-0.1, -0.05) is 24.3 Å². The van der Waals surface area contributed by atoms with Crippen molar-refractivity contribution < 1.29 is 9.53 Å². The van der Waals surface area contributed by atoms with Crippen LogP contribution in [0.4, 0.5) is 0 Å². The van der Waals surface area contributed by atoms with Gasteiger partial charge in [-0.05, 0) is 61.7 Å². The maximum atomic E-state index is 11.6. The summed E-state index contributed by atoms with van der Waals surface area (Å²) >= 11 is 0. The third kappa shape index (κ3) is 9.05. The summed E-state index contributed by atoms with van der Waals surface area (Å²) in [6, 6.07) is 17.9. The number of hydrogen-bond donors (Lipinski definition) is 3. The molecule has 2 aromatic carbocycles. The summed E-state index contributed by atoms with van der Waals surface area (Å²) in [6.45, 7) is 6.57. The van der Waals surface area contributed by atoms with E-state index >= 15 is 0 Å². The number of ether oxygens (including phenoxy) is 1. The number of aliphatic imine (C=N–C) groups is 1. The molecule has 8 nitrogen and oxygen atoms in total. The average molecular weight is 576 g/mol. The Morgan fingerprint density at radius 3 is 2.50 bits per heavy atom. The van der Waals surface area contributed by atoms with Gasteiger partial charge in [-0.15, -0.1) is 24.0 Å². The zero-order chi connectivity index (χ0) is 23.3. The molecular weight excluding hydrogens is 543 g/mol. The van der Waals surface area contributed by atoms with Crippen LogP contribution in [0, 0.1) is 0 Å². The van der Waals surface area contributed by atoms with Crippen molar-refractivity contribution in [2.24, 2.45) is 4.99 Å². The molecule has 0 fully saturated rings. The molecule has 182 valence electrons. The lowest BCUT2D eigenvalue weighted by atomic mass is 10.1. The normalized spacial score (nSPS) is 10.8. The second kappa shape index (κ2) is 14.9. The Labute approximate surface area is 218 Å². The Kier molecular flexibility index (Phi) is 11.9. The van der Waals surface area contributed by atoms with E-state index < -0.39 is 0 Å². The maximum Gasteiger partial charge on any atom is 0.257 e. The summed E-state index contributed by atoms with van der Waals surface area (Å²) < 4.78 is 7.41. The van der Waals surface area contributed by atoms with Gasteiger partial charge in [-0.2, -0.15) is 5.10 Å². The Morgan fingerprint density at radius 1 is 1.00 bits per heavy atom. The fourth-order valence-corrected chi connectivity index (χ4v) is 3.20. The summed E-state index contributed by atoms with van der Waals surface area (Å²) in [5, 5.41) is 13.6. The van der Waals surface area contributed by atoms with Gasteiger partial charge < -0.3 is 20.7 Å². The van der Waals surface area contributed by atoms with E-state index in [0.29, 0.717) is 18.8 Å². The highest BCUT2D eigenvalue weighted by atomic mass is 127. The lowest BCUT2D eigenvalue weighted by Gasteiger charge is -2.12. The van der Waals surface area contributed by atoms with Crippen LogP contribution < -0.4 is 20.7 Å². The van der Waals surface area contributed by atoms with E-state index in [4.69, 9.17) is 4.74 Å². The van der Waals surface area contributed by atoms with Gasteiger partial charge in [0.05, 0.1) is 12.2 Å². The SMILES string of the molecule is CCNC(=O)COc1cccc(CN=C(NCC)NCCc2ccc(-n3cccn3)cc2)c1.I. The van der Waals surface area contributed by atoms with Gasteiger partial charge in [-0.25, -0.2) is 9.67 Å². The summed E-state index contributed by atoms with van der Waals surface area (Å²) in [5.74, 6) is 1.29. The van der Waals surface area contributed by atoms with Gasteiger partial charge in [0, 0.05) is 32.0 Å². The van der Waals surface area contributed by atoms with Crippen LogP contribution in [-0.2, 0) is 17.8 Å². The zero-order valence-corrected chi connectivity index (χ0v) is 22.0. The summed E-state index contributed by atoms with van der Waals surface area (Å²) in [5.41, 5.74) is 3.30. The number of hydrogen-bond acceptors (Lipinski definition) is 4. The van der Waals surface area contributed by atoms with Crippen molar-refractivity contribution in [2.75, 3.05) is 26.2 Å². The van der Waals surface area contributed by atoms with Gasteiger partial charge in [0.25, 0.3) is 5.91 Å². The third-order valence-corrected chi connectivity index (χ3v) is 4.82. The molecule has 0 atom stereocenters. The highest BCUT2D eigenvalue weighted by Crippen LogP contribution is 2.14. The van der Waals surface area contributed by atoms with Crippen LogP contribution in [0.1, 0.15) is 25.0 Å². The summed E-state index contributed by atoms with van der Waals surface area (Å²) in [7, 11) is 0. The van der Waals surface area contributed by atoms with E-state index in [0.717, 1.165) is 36.7 Å². The molecule has 3 rings (SSSR count). The Balaban J connectivity index is 0.00000408. The van der Waals surface area contributed by atoms with Crippen molar-refractivity contribution >= 4 is 35.8 Å². The van der Waals surface area contributed by atoms with E-state index in [-0.39, 0.29) is 36.5 Å². The lowest BCUT2D eigenvalue weighted by Crippen LogP contribution is -2.38. The van der Waals surface area contributed by atoms with Crippen molar-refractivity contribution in [2.45, 2.75) is 26.8 Å². The highest BCUT2D eigenvalue weighted by molar-refractivity contribution is 14.0. The fraction of sp³-hybridized carbons (Fsp3) is 0.320. The van der Waals surface area contributed by atoms with Crippen LogP contribution in [0.15, 0.2) is 72.0 Å². The van der Waals surface area contributed by atoms with Crippen molar-refractivity contribution in [1.82, 2.24) is 25.7 Å². The van der Waals surface area contributed by atoms with Crippen LogP contribution in [0.25, 0.3) is 5.69 Å². The number of carbonyl (C=O) groups excluding carboxylic acids is 1.